The first-order chi connectivity index (χ1) is 15.7. The van der Waals surface area contributed by atoms with E-state index in [0.29, 0.717) is 17.7 Å². The van der Waals surface area contributed by atoms with Crippen LogP contribution in [0.5, 0.6) is 0 Å². The van der Waals surface area contributed by atoms with Gasteiger partial charge in [-0.25, -0.2) is 4.79 Å². The number of benzene rings is 1. The van der Waals surface area contributed by atoms with Gasteiger partial charge < -0.3 is 25.6 Å². The minimum absolute atomic E-state index is 0.00357. The Kier molecular flexibility index (Phi) is 9.40. The number of urea groups is 1. The maximum Gasteiger partial charge on any atom is 0.321 e. The highest BCUT2D eigenvalue weighted by atomic mass is 16.5. The van der Waals surface area contributed by atoms with Crippen molar-refractivity contribution in [1.82, 2.24) is 15.5 Å². The normalized spacial score (nSPS) is 19.3. The third kappa shape index (κ3) is 7.28. The summed E-state index contributed by atoms with van der Waals surface area (Å²) in [6.45, 7) is 6.26. The molecule has 1 saturated carbocycles. The maximum atomic E-state index is 12.9. The molecule has 2 aliphatic rings. The molecule has 1 heterocycles. The number of ketones is 1. The van der Waals surface area contributed by atoms with Crippen LogP contribution in [0.1, 0.15) is 56.8 Å². The Morgan fingerprint density at radius 2 is 1.79 bits per heavy atom. The largest absolute Gasteiger partial charge is 0.371 e. The molecular formula is C24H36N4O5. The fourth-order valence-electron chi connectivity index (χ4n) is 3.73. The molecule has 0 bridgehead atoms. The average molecular weight is 461 g/mol. The van der Waals surface area contributed by atoms with Gasteiger partial charge in [0.1, 0.15) is 18.7 Å². The zero-order chi connectivity index (χ0) is 24.6. The first-order valence-corrected chi connectivity index (χ1v) is 11.5. The highest BCUT2D eigenvalue weighted by molar-refractivity contribution is 5.99. The number of Topliss-reactive ketones (excluding diaryl/α,β-unsaturated/α-hetero) is 1. The van der Waals surface area contributed by atoms with Crippen LogP contribution in [-0.2, 0) is 14.3 Å². The van der Waals surface area contributed by atoms with Crippen molar-refractivity contribution in [2.24, 2.45) is 5.41 Å². The fraction of sp³-hybridized carbons (Fsp3) is 0.583. The van der Waals surface area contributed by atoms with E-state index < -0.39 is 12.1 Å². The zero-order valence-electron chi connectivity index (χ0n) is 20.2. The van der Waals surface area contributed by atoms with Crippen molar-refractivity contribution in [3.63, 3.8) is 0 Å². The summed E-state index contributed by atoms with van der Waals surface area (Å²) in [4.78, 5) is 50.7. The smallest absolute Gasteiger partial charge is 0.321 e. The van der Waals surface area contributed by atoms with Crippen LogP contribution in [-0.4, -0.2) is 67.9 Å². The Hall–Kier alpha value is -2.94. The second-order valence-corrected chi connectivity index (χ2v) is 8.84. The predicted octanol–water partition coefficient (Wildman–Crippen LogP) is 2.57. The van der Waals surface area contributed by atoms with Crippen LogP contribution in [0.3, 0.4) is 0 Å². The van der Waals surface area contributed by atoms with E-state index in [2.05, 4.69) is 22.9 Å². The molecular weight excluding hydrogens is 424 g/mol. The number of rotatable bonds is 7. The second-order valence-electron chi connectivity index (χ2n) is 8.84. The van der Waals surface area contributed by atoms with Gasteiger partial charge in [0.05, 0.1) is 6.61 Å². The Labute approximate surface area is 195 Å². The van der Waals surface area contributed by atoms with E-state index in [1.165, 1.54) is 4.90 Å². The minimum atomic E-state index is -0.751. The van der Waals surface area contributed by atoms with Gasteiger partial charge in [-0.15, -0.1) is 0 Å². The SMILES string of the molecule is CC.CN(C)C(=O)Nc1ccc(C(=O)NC(CC2(C)CCC2)C(=O)N[C@H]2COCC2=O)cc1. The van der Waals surface area contributed by atoms with Crippen LogP contribution < -0.4 is 16.0 Å². The minimum Gasteiger partial charge on any atom is -0.371 e. The number of nitrogens with one attached hydrogen (secondary N) is 3. The highest BCUT2D eigenvalue weighted by Gasteiger charge is 2.38. The Morgan fingerprint density at radius 1 is 1.15 bits per heavy atom. The lowest BCUT2D eigenvalue weighted by molar-refractivity contribution is -0.128. The van der Waals surface area contributed by atoms with Crippen LogP contribution in [0.15, 0.2) is 24.3 Å². The molecule has 3 N–H and O–H groups in total. The number of ether oxygens (including phenoxy) is 1. The van der Waals surface area contributed by atoms with Gasteiger partial charge in [-0.2, -0.15) is 0 Å². The molecule has 0 radical (unpaired) electrons. The topological polar surface area (TPSA) is 117 Å². The molecule has 4 amide bonds. The molecule has 2 atom stereocenters. The van der Waals surface area contributed by atoms with Gasteiger partial charge in [0.25, 0.3) is 5.91 Å². The number of carbonyl (C=O) groups is 4. The van der Waals surface area contributed by atoms with Crippen LogP contribution in [0, 0.1) is 5.41 Å². The third-order valence-electron chi connectivity index (χ3n) is 5.92. The Bertz CT molecular complexity index is 849. The summed E-state index contributed by atoms with van der Waals surface area (Å²) >= 11 is 0. The summed E-state index contributed by atoms with van der Waals surface area (Å²) in [6, 6.07) is 4.76. The zero-order valence-corrected chi connectivity index (χ0v) is 20.2. The van der Waals surface area contributed by atoms with E-state index in [1.54, 1.807) is 38.4 Å². The summed E-state index contributed by atoms with van der Waals surface area (Å²) < 4.78 is 5.10. The molecule has 1 aliphatic heterocycles. The number of carbonyl (C=O) groups excluding carboxylic acids is 4. The van der Waals surface area contributed by atoms with E-state index in [0.717, 1.165) is 19.3 Å². The summed E-state index contributed by atoms with van der Waals surface area (Å²) in [6.07, 6.45) is 3.61. The molecule has 0 spiro atoms. The molecule has 1 saturated heterocycles. The summed E-state index contributed by atoms with van der Waals surface area (Å²) in [5.41, 5.74) is 0.928. The lowest BCUT2D eigenvalue weighted by Gasteiger charge is -2.40. The fourth-order valence-corrected chi connectivity index (χ4v) is 3.73. The number of hydrogen-bond donors (Lipinski definition) is 3. The average Bonchev–Trinajstić information content (AvgIpc) is 3.18. The Morgan fingerprint density at radius 3 is 2.27 bits per heavy atom. The highest BCUT2D eigenvalue weighted by Crippen LogP contribution is 2.44. The van der Waals surface area contributed by atoms with Crippen molar-refractivity contribution >= 4 is 29.3 Å². The van der Waals surface area contributed by atoms with Crippen LogP contribution in [0.2, 0.25) is 0 Å². The number of anilines is 1. The molecule has 1 aromatic carbocycles. The number of hydrogen-bond acceptors (Lipinski definition) is 5. The third-order valence-corrected chi connectivity index (χ3v) is 5.92. The summed E-state index contributed by atoms with van der Waals surface area (Å²) in [5, 5.41) is 8.25. The van der Waals surface area contributed by atoms with E-state index in [9.17, 15) is 19.2 Å². The molecule has 1 aliphatic carbocycles. The van der Waals surface area contributed by atoms with Crippen molar-refractivity contribution in [2.75, 3.05) is 32.6 Å². The van der Waals surface area contributed by atoms with Gasteiger partial charge >= 0.3 is 6.03 Å². The molecule has 2 fully saturated rings. The molecule has 9 heteroatoms. The predicted molar refractivity (Wildman–Crippen MR) is 126 cm³/mol. The molecule has 1 unspecified atom stereocenters. The lowest BCUT2D eigenvalue weighted by Crippen LogP contribution is -2.53. The monoisotopic (exact) mass is 460 g/mol. The Balaban J connectivity index is 0.00000187. The summed E-state index contributed by atoms with van der Waals surface area (Å²) in [5.74, 6) is -0.925. The molecule has 0 aromatic heterocycles. The van der Waals surface area contributed by atoms with E-state index in [4.69, 9.17) is 4.74 Å². The van der Waals surface area contributed by atoms with Gasteiger partial charge in [-0.05, 0) is 48.9 Å². The molecule has 33 heavy (non-hydrogen) atoms. The van der Waals surface area contributed by atoms with Crippen molar-refractivity contribution in [2.45, 2.75) is 58.5 Å². The number of nitrogens with zero attached hydrogens (tertiary/aromatic N) is 1. The maximum absolute atomic E-state index is 12.9. The van der Waals surface area contributed by atoms with Gasteiger partial charge in [0.15, 0.2) is 5.78 Å². The first-order valence-electron chi connectivity index (χ1n) is 11.5. The van der Waals surface area contributed by atoms with Gasteiger partial charge in [-0.1, -0.05) is 27.2 Å². The van der Waals surface area contributed by atoms with Crippen LogP contribution in [0.4, 0.5) is 10.5 Å². The quantitative estimate of drug-likeness (QED) is 0.578. The van der Waals surface area contributed by atoms with E-state index in [-0.39, 0.29) is 42.3 Å². The molecule has 182 valence electrons. The summed E-state index contributed by atoms with van der Waals surface area (Å²) in [7, 11) is 3.27. The van der Waals surface area contributed by atoms with Gasteiger partial charge in [0.2, 0.25) is 5.91 Å². The standard InChI is InChI=1S/C22H30N4O5.C2H6/c1-22(9-4-10-22)11-16(20(29)25-17-12-31-13-18(17)27)24-19(28)14-5-7-15(8-6-14)23-21(30)26(2)3;1-2/h5-8,16-17H,4,9-13H2,1-3H3,(H,23,30)(H,24,28)(H,25,29);1-2H3/t16?,17-;/m0./s1. The van der Waals surface area contributed by atoms with E-state index in [1.807, 2.05) is 13.8 Å². The van der Waals surface area contributed by atoms with Crippen LogP contribution in [0.25, 0.3) is 0 Å². The second kappa shape index (κ2) is 11.8. The van der Waals surface area contributed by atoms with Crippen molar-refractivity contribution < 1.29 is 23.9 Å². The lowest BCUT2D eigenvalue weighted by atomic mass is 9.67. The van der Waals surface area contributed by atoms with Crippen molar-refractivity contribution in [3.05, 3.63) is 29.8 Å². The van der Waals surface area contributed by atoms with Gasteiger partial charge in [0, 0.05) is 25.3 Å². The van der Waals surface area contributed by atoms with Crippen LogP contribution >= 0.6 is 0 Å². The molecule has 3 rings (SSSR count). The van der Waals surface area contributed by atoms with E-state index >= 15 is 0 Å². The van der Waals surface area contributed by atoms with Crippen molar-refractivity contribution in [1.29, 1.82) is 0 Å². The van der Waals surface area contributed by atoms with Gasteiger partial charge in [-0.3, -0.25) is 14.4 Å². The molecule has 1 aromatic rings. The van der Waals surface area contributed by atoms with Crippen molar-refractivity contribution in [3.8, 4) is 0 Å². The number of amides is 4. The molecule has 9 nitrogen and oxygen atoms in total. The first kappa shape index (κ1) is 26.3.